The Morgan fingerprint density at radius 2 is 2.09 bits per heavy atom. The predicted molar refractivity (Wildman–Crippen MR) is 90.9 cm³/mol. The molecule has 0 fully saturated rings. The normalized spacial score (nSPS) is 14.0. The fourth-order valence-electron chi connectivity index (χ4n) is 2.69. The molecule has 1 aliphatic rings. The molecule has 3 rings (SSSR count). The topological polar surface area (TPSA) is 38.2 Å². The van der Waals surface area contributed by atoms with E-state index in [-0.39, 0.29) is 0 Å². The van der Waals surface area contributed by atoms with E-state index < -0.39 is 0 Å². The van der Waals surface area contributed by atoms with Crippen LogP contribution in [-0.4, -0.2) is 23.3 Å². The first-order valence-corrected chi connectivity index (χ1v) is 8.93. The summed E-state index contributed by atoms with van der Waals surface area (Å²) in [6.07, 6.45) is 4.24. The minimum absolute atomic E-state index is 0.788. The highest BCUT2D eigenvalue weighted by Gasteiger charge is 2.20. The number of fused-ring (bicyclic) bond motifs is 1. The number of aromatic nitrogens is 2. The molecule has 0 amide bonds. The summed E-state index contributed by atoms with van der Waals surface area (Å²) in [6.45, 7) is 7.02. The first kappa shape index (κ1) is 15.3. The van der Waals surface area contributed by atoms with E-state index in [0.29, 0.717) is 0 Å². The van der Waals surface area contributed by atoms with Gasteiger partial charge in [0.15, 0.2) is 0 Å². The fourth-order valence-corrected chi connectivity index (χ4v) is 3.65. The number of nitrogens with zero attached hydrogens (tertiary/aromatic N) is 3. The number of rotatable bonds is 6. The number of aryl methyl sites for hydroxylation is 1. The number of ether oxygens (including phenoxy) is 1. The van der Waals surface area contributed by atoms with Gasteiger partial charge in [-0.1, -0.05) is 31.3 Å². The molecule has 0 N–H and O–H groups in total. The zero-order valence-electron chi connectivity index (χ0n) is 13.3. The summed E-state index contributed by atoms with van der Waals surface area (Å²) >= 11 is 1.73. The lowest BCUT2D eigenvalue weighted by Gasteiger charge is -2.28. The highest BCUT2D eigenvalue weighted by molar-refractivity contribution is 7.15. The minimum atomic E-state index is 0.788. The van der Waals surface area contributed by atoms with Crippen molar-refractivity contribution in [2.45, 2.75) is 46.1 Å². The van der Waals surface area contributed by atoms with Crippen molar-refractivity contribution in [1.82, 2.24) is 10.2 Å². The number of anilines is 1. The lowest BCUT2D eigenvalue weighted by atomic mass is 10.00. The summed E-state index contributed by atoms with van der Waals surface area (Å²) in [6, 6.07) is 6.48. The maximum absolute atomic E-state index is 5.73. The van der Waals surface area contributed by atoms with Crippen molar-refractivity contribution in [2.75, 3.05) is 18.1 Å². The third-order valence-electron chi connectivity index (χ3n) is 3.85. The van der Waals surface area contributed by atoms with E-state index in [1.807, 2.05) is 0 Å². The molecule has 0 bridgehead atoms. The van der Waals surface area contributed by atoms with E-state index in [4.69, 9.17) is 4.74 Å². The first-order valence-electron chi connectivity index (χ1n) is 8.12. The Morgan fingerprint density at radius 3 is 2.91 bits per heavy atom. The maximum atomic E-state index is 5.73. The van der Waals surface area contributed by atoms with Crippen LogP contribution >= 0.6 is 11.3 Å². The lowest BCUT2D eigenvalue weighted by Crippen LogP contribution is -2.30. The molecule has 0 radical (unpaired) electrons. The minimum Gasteiger partial charge on any atom is -0.494 e. The van der Waals surface area contributed by atoms with Crippen molar-refractivity contribution < 1.29 is 4.74 Å². The zero-order chi connectivity index (χ0) is 15.4. The number of hydrogen-bond acceptors (Lipinski definition) is 5. The fraction of sp³-hybridized carbons (Fsp3) is 0.529. The van der Waals surface area contributed by atoms with E-state index in [0.717, 1.165) is 61.3 Å². The van der Waals surface area contributed by atoms with Gasteiger partial charge in [-0.05, 0) is 42.5 Å². The summed E-state index contributed by atoms with van der Waals surface area (Å²) in [5, 5.41) is 10.9. The van der Waals surface area contributed by atoms with Gasteiger partial charge in [0.1, 0.15) is 10.8 Å². The summed E-state index contributed by atoms with van der Waals surface area (Å²) in [5.41, 5.74) is 2.78. The Morgan fingerprint density at radius 1 is 1.18 bits per heavy atom. The molecule has 0 atom stereocenters. The molecule has 0 saturated carbocycles. The highest BCUT2D eigenvalue weighted by Crippen LogP contribution is 2.29. The van der Waals surface area contributed by atoms with Crippen LogP contribution in [0.5, 0.6) is 5.75 Å². The second-order valence-corrected chi connectivity index (χ2v) is 6.72. The van der Waals surface area contributed by atoms with Gasteiger partial charge in [0.05, 0.1) is 6.61 Å². The first-order chi connectivity index (χ1) is 10.8. The summed E-state index contributed by atoms with van der Waals surface area (Å²) in [4.78, 5) is 2.34. The molecule has 5 heteroatoms. The summed E-state index contributed by atoms with van der Waals surface area (Å²) < 4.78 is 5.73. The third-order valence-corrected chi connectivity index (χ3v) is 4.90. The van der Waals surface area contributed by atoms with Gasteiger partial charge in [0, 0.05) is 19.5 Å². The van der Waals surface area contributed by atoms with E-state index in [1.165, 1.54) is 11.1 Å². The molecule has 4 nitrogen and oxygen atoms in total. The van der Waals surface area contributed by atoms with Gasteiger partial charge in [0.25, 0.3) is 0 Å². The van der Waals surface area contributed by atoms with Crippen LogP contribution in [0.3, 0.4) is 0 Å². The highest BCUT2D eigenvalue weighted by atomic mass is 32.1. The van der Waals surface area contributed by atoms with Crippen molar-refractivity contribution >= 4 is 16.5 Å². The molecule has 2 heterocycles. The molecule has 1 aromatic heterocycles. The summed E-state index contributed by atoms with van der Waals surface area (Å²) in [5.74, 6) is 0.996. The van der Waals surface area contributed by atoms with Crippen LogP contribution in [0, 0.1) is 0 Å². The van der Waals surface area contributed by atoms with Crippen molar-refractivity contribution in [2.24, 2.45) is 0 Å². The molecule has 1 aliphatic heterocycles. The van der Waals surface area contributed by atoms with Crippen LogP contribution < -0.4 is 9.64 Å². The Balaban J connectivity index is 1.70. The van der Waals surface area contributed by atoms with E-state index >= 15 is 0 Å². The van der Waals surface area contributed by atoms with Gasteiger partial charge in [-0.25, -0.2) is 0 Å². The van der Waals surface area contributed by atoms with E-state index in [2.05, 4.69) is 47.1 Å². The summed E-state index contributed by atoms with van der Waals surface area (Å²) in [7, 11) is 0. The molecule has 0 unspecified atom stereocenters. The van der Waals surface area contributed by atoms with Crippen LogP contribution in [0.1, 0.15) is 42.8 Å². The molecule has 118 valence electrons. The van der Waals surface area contributed by atoms with Crippen molar-refractivity contribution in [3.63, 3.8) is 0 Å². The Labute approximate surface area is 136 Å². The monoisotopic (exact) mass is 317 g/mol. The quantitative estimate of drug-likeness (QED) is 0.811. The van der Waals surface area contributed by atoms with Crippen LogP contribution in [0.4, 0.5) is 5.13 Å². The van der Waals surface area contributed by atoms with E-state index in [1.54, 1.807) is 11.3 Å². The average Bonchev–Trinajstić information content (AvgIpc) is 3.01. The Bertz CT molecular complexity index is 626. The second kappa shape index (κ2) is 7.09. The SMILES string of the molecule is CCCOc1ccc2c(c1)CCN(c1nnc(CCC)s1)C2. The van der Waals surface area contributed by atoms with E-state index in [9.17, 15) is 0 Å². The second-order valence-electron chi connectivity index (χ2n) is 5.68. The Hall–Kier alpha value is -1.62. The van der Waals surface area contributed by atoms with Gasteiger partial charge in [-0.3, -0.25) is 0 Å². The van der Waals surface area contributed by atoms with Gasteiger partial charge in [-0.15, -0.1) is 10.2 Å². The van der Waals surface area contributed by atoms with Crippen LogP contribution in [0.25, 0.3) is 0 Å². The van der Waals surface area contributed by atoms with Crippen LogP contribution in [0.2, 0.25) is 0 Å². The Kier molecular flexibility index (Phi) is 4.93. The van der Waals surface area contributed by atoms with Crippen LogP contribution in [-0.2, 0) is 19.4 Å². The predicted octanol–water partition coefficient (Wildman–Crippen LogP) is 3.84. The lowest BCUT2D eigenvalue weighted by molar-refractivity contribution is 0.317. The van der Waals surface area contributed by atoms with Gasteiger partial charge < -0.3 is 9.64 Å². The smallest absolute Gasteiger partial charge is 0.208 e. The third kappa shape index (κ3) is 3.40. The van der Waals surface area contributed by atoms with Gasteiger partial charge in [0.2, 0.25) is 5.13 Å². The van der Waals surface area contributed by atoms with Crippen LogP contribution in [0.15, 0.2) is 18.2 Å². The largest absolute Gasteiger partial charge is 0.494 e. The molecular weight excluding hydrogens is 294 g/mol. The number of hydrogen-bond donors (Lipinski definition) is 0. The maximum Gasteiger partial charge on any atom is 0.208 e. The molecule has 22 heavy (non-hydrogen) atoms. The molecule has 2 aromatic rings. The van der Waals surface area contributed by atoms with Crippen molar-refractivity contribution in [1.29, 1.82) is 0 Å². The standard InChI is InChI=1S/C17H23N3OS/c1-3-5-16-18-19-17(22-16)20-9-8-13-11-15(21-10-4-2)7-6-14(13)12-20/h6-7,11H,3-5,8-10,12H2,1-2H3. The molecule has 1 aromatic carbocycles. The van der Waals surface area contributed by atoms with Gasteiger partial charge in [-0.2, -0.15) is 0 Å². The van der Waals surface area contributed by atoms with Crippen molar-refractivity contribution in [3.05, 3.63) is 34.3 Å². The molecular formula is C17H23N3OS. The van der Waals surface area contributed by atoms with Gasteiger partial charge >= 0.3 is 0 Å². The molecule has 0 spiro atoms. The van der Waals surface area contributed by atoms with Crippen molar-refractivity contribution in [3.8, 4) is 5.75 Å². The zero-order valence-corrected chi connectivity index (χ0v) is 14.2. The average molecular weight is 317 g/mol. The molecule has 0 aliphatic carbocycles. The number of benzene rings is 1. The molecule has 0 saturated heterocycles.